The maximum Gasteiger partial charge on any atom is 0.277 e. The minimum Gasteiger partial charge on any atom is -0.462 e. The molecular weight excluding hydrogens is 262 g/mol. The Morgan fingerprint density at radius 3 is 3.10 bits per heavy atom. The van der Waals surface area contributed by atoms with E-state index in [1.807, 2.05) is 0 Å². The summed E-state index contributed by atoms with van der Waals surface area (Å²) in [7, 11) is 1.33. The Morgan fingerprint density at radius 2 is 2.55 bits per heavy atom. The van der Waals surface area contributed by atoms with Gasteiger partial charge in [-0.25, -0.2) is 0 Å². The van der Waals surface area contributed by atoms with Crippen LogP contribution in [-0.4, -0.2) is 48.7 Å². The third kappa shape index (κ3) is 2.71. The number of hydrogen-bond donors (Lipinski definition) is 1. The maximum absolute atomic E-state index is 12.1. The fourth-order valence-electron chi connectivity index (χ4n) is 1.85. The summed E-state index contributed by atoms with van der Waals surface area (Å²) in [6.07, 6.45) is 3.06. The van der Waals surface area contributed by atoms with E-state index in [9.17, 15) is 9.59 Å². The summed E-state index contributed by atoms with van der Waals surface area (Å²) >= 11 is 0. The molecule has 1 atom stereocenters. The highest BCUT2D eigenvalue weighted by Gasteiger charge is 2.37. The Labute approximate surface area is 115 Å². The second kappa shape index (κ2) is 6.05. The fraction of sp³-hybridized carbons (Fsp3) is 0.308. The van der Waals surface area contributed by atoms with E-state index in [1.165, 1.54) is 13.4 Å². The molecule has 1 aliphatic rings. The van der Waals surface area contributed by atoms with Gasteiger partial charge in [-0.3, -0.25) is 9.59 Å². The monoisotopic (exact) mass is 277 g/mol. The third-order valence-electron chi connectivity index (χ3n) is 2.82. The number of furan rings is 1. The van der Waals surface area contributed by atoms with Crippen molar-refractivity contribution in [2.75, 3.05) is 20.2 Å². The molecule has 0 aromatic carbocycles. The lowest BCUT2D eigenvalue weighted by molar-refractivity contribution is -0.144. The van der Waals surface area contributed by atoms with Gasteiger partial charge in [0.2, 0.25) is 11.6 Å². The average Bonchev–Trinajstić information content (AvgIpc) is 2.96. The van der Waals surface area contributed by atoms with Crippen molar-refractivity contribution in [3.8, 4) is 0 Å². The van der Waals surface area contributed by atoms with Crippen LogP contribution < -0.4 is 5.32 Å². The highest BCUT2D eigenvalue weighted by Crippen LogP contribution is 2.11. The molecule has 2 heterocycles. The number of β-lactam (4-membered cyclic amide) rings is 1. The number of carbonyl (C=O) groups excluding carboxylic acids is 2. The Bertz CT molecular complexity index is 536. The molecule has 1 N–H and O–H groups in total. The van der Waals surface area contributed by atoms with E-state index in [-0.39, 0.29) is 17.4 Å². The van der Waals surface area contributed by atoms with E-state index in [0.717, 1.165) is 0 Å². The molecule has 20 heavy (non-hydrogen) atoms. The Morgan fingerprint density at radius 1 is 1.75 bits per heavy atom. The van der Waals surface area contributed by atoms with E-state index < -0.39 is 11.9 Å². The first-order valence-electron chi connectivity index (χ1n) is 6.03. The van der Waals surface area contributed by atoms with Crippen molar-refractivity contribution >= 4 is 17.5 Å². The average molecular weight is 277 g/mol. The lowest BCUT2D eigenvalue weighted by Crippen LogP contribution is -2.64. The first-order valence-corrected chi connectivity index (χ1v) is 6.03. The molecule has 0 saturated carbocycles. The van der Waals surface area contributed by atoms with Gasteiger partial charge in [0.1, 0.15) is 13.2 Å². The third-order valence-corrected chi connectivity index (χ3v) is 2.82. The molecule has 1 unspecified atom stereocenters. The summed E-state index contributed by atoms with van der Waals surface area (Å²) in [6.45, 7) is 4.49. The van der Waals surface area contributed by atoms with Crippen LogP contribution in [0.3, 0.4) is 0 Å². The predicted molar refractivity (Wildman–Crippen MR) is 71.0 cm³/mol. The topological polar surface area (TPSA) is 84.1 Å². The number of oxime groups is 1. The van der Waals surface area contributed by atoms with Crippen LogP contribution >= 0.6 is 0 Å². The van der Waals surface area contributed by atoms with Crippen molar-refractivity contribution in [2.24, 2.45) is 5.16 Å². The second-order valence-electron chi connectivity index (χ2n) is 4.16. The minimum atomic E-state index is -0.542. The molecule has 0 bridgehead atoms. The minimum absolute atomic E-state index is 0.00697. The number of carbonyl (C=O) groups is 2. The summed E-state index contributed by atoms with van der Waals surface area (Å²) in [6, 6.07) is 2.68. The molecule has 0 radical (unpaired) electrons. The number of amides is 2. The van der Waals surface area contributed by atoms with Crippen molar-refractivity contribution in [3.05, 3.63) is 36.8 Å². The molecular formula is C13H15N3O4. The molecule has 2 amide bonds. The first-order chi connectivity index (χ1) is 9.67. The lowest BCUT2D eigenvalue weighted by atomic mass is 10.1. The summed E-state index contributed by atoms with van der Waals surface area (Å²) in [5.74, 6) is -0.382. The van der Waals surface area contributed by atoms with Gasteiger partial charge in [0.05, 0.1) is 12.8 Å². The molecule has 1 saturated heterocycles. The van der Waals surface area contributed by atoms with Gasteiger partial charge in [-0.2, -0.15) is 0 Å². The zero-order chi connectivity index (χ0) is 14.5. The van der Waals surface area contributed by atoms with Gasteiger partial charge in [0.25, 0.3) is 5.91 Å². The van der Waals surface area contributed by atoms with Crippen LogP contribution in [0.2, 0.25) is 0 Å². The van der Waals surface area contributed by atoms with Gasteiger partial charge in [-0.05, 0) is 12.1 Å². The summed E-state index contributed by atoms with van der Waals surface area (Å²) < 4.78 is 5.11. The normalized spacial score (nSPS) is 18.4. The number of likely N-dealkylation sites (tertiary alicyclic amines) is 1. The van der Waals surface area contributed by atoms with Crippen LogP contribution in [-0.2, 0) is 14.4 Å². The second-order valence-corrected chi connectivity index (χ2v) is 4.16. The van der Waals surface area contributed by atoms with Gasteiger partial charge < -0.3 is 19.5 Å². The molecule has 106 valence electrons. The van der Waals surface area contributed by atoms with E-state index >= 15 is 0 Å². The summed E-state index contributed by atoms with van der Waals surface area (Å²) in [4.78, 5) is 30.0. The van der Waals surface area contributed by atoms with Crippen LogP contribution in [0.1, 0.15) is 5.76 Å². The molecule has 1 aromatic rings. The van der Waals surface area contributed by atoms with Gasteiger partial charge in [0.15, 0.2) is 5.76 Å². The highest BCUT2D eigenvalue weighted by molar-refractivity contribution is 6.44. The van der Waals surface area contributed by atoms with Crippen molar-refractivity contribution < 1.29 is 18.8 Å². The summed E-state index contributed by atoms with van der Waals surface area (Å²) in [5, 5.41) is 6.22. The quantitative estimate of drug-likeness (QED) is 0.347. The predicted octanol–water partition coefficient (Wildman–Crippen LogP) is 0.143. The van der Waals surface area contributed by atoms with E-state index in [2.05, 4.69) is 21.9 Å². The van der Waals surface area contributed by atoms with Gasteiger partial charge in [-0.1, -0.05) is 11.2 Å². The maximum atomic E-state index is 12.1. The molecule has 7 nitrogen and oxygen atoms in total. The van der Waals surface area contributed by atoms with Gasteiger partial charge >= 0.3 is 0 Å². The van der Waals surface area contributed by atoms with Gasteiger partial charge in [-0.15, -0.1) is 6.58 Å². The van der Waals surface area contributed by atoms with E-state index in [0.29, 0.717) is 13.1 Å². The smallest absolute Gasteiger partial charge is 0.277 e. The zero-order valence-electron chi connectivity index (χ0n) is 11.0. The standard InChI is InChI=1S/C13H15N3O4/c1-3-6-16-8-9(13(16)18)14-12(17)11(15-19-2)10-5-4-7-20-10/h3-5,7,9H,1,6,8H2,2H3,(H,14,17)/b15-11-. The Balaban J connectivity index is 1.99. The van der Waals surface area contributed by atoms with Crippen LogP contribution in [0.5, 0.6) is 0 Å². The highest BCUT2D eigenvalue weighted by atomic mass is 16.6. The van der Waals surface area contributed by atoms with Crippen molar-refractivity contribution in [1.82, 2.24) is 10.2 Å². The molecule has 1 fully saturated rings. The zero-order valence-corrected chi connectivity index (χ0v) is 11.0. The van der Waals surface area contributed by atoms with Crippen molar-refractivity contribution in [1.29, 1.82) is 0 Å². The number of hydrogen-bond acceptors (Lipinski definition) is 5. The molecule has 7 heteroatoms. The van der Waals surface area contributed by atoms with Crippen LogP contribution in [0, 0.1) is 0 Å². The van der Waals surface area contributed by atoms with E-state index in [4.69, 9.17) is 4.42 Å². The molecule has 1 aromatic heterocycles. The molecule has 0 aliphatic carbocycles. The Kier molecular flexibility index (Phi) is 4.19. The van der Waals surface area contributed by atoms with Crippen LogP contribution in [0.25, 0.3) is 0 Å². The van der Waals surface area contributed by atoms with Crippen molar-refractivity contribution in [2.45, 2.75) is 6.04 Å². The largest absolute Gasteiger partial charge is 0.462 e. The first kappa shape index (κ1) is 13.9. The summed E-state index contributed by atoms with van der Waals surface area (Å²) in [5.41, 5.74) is -0.00697. The molecule has 0 spiro atoms. The van der Waals surface area contributed by atoms with Gasteiger partial charge in [0, 0.05) is 6.54 Å². The number of nitrogens with zero attached hydrogens (tertiary/aromatic N) is 2. The lowest BCUT2D eigenvalue weighted by Gasteiger charge is -2.37. The Hall–Kier alpha value is -2.57. The van der Waals surface area contributed by atoms with Crippen molar-refractivity contribution in [3.63, 3.8) is 0 Å². The number of nitrogens with one attached hydrogen (secondary N) is 1. The van der Waals surface area contributed by atoms with Crippen LogP contribution in [0.15, 0.2) is 40.6 Å². The molecule has 1 aliphatic heterocycles. The SMILES string of the molecule is C=CCN1CC(NC(=O)/C(=N\OC)c2ccco2)C1=O. The fourth-order valence-corrected chi connectivity index (χ4v) is 1.85. The number of rotatable bonds is 6. The van der Waals surface area contributed by atoms with Crippen LogP contribution in [0.4, 0.5) is 0 Å². The molecule has 2 rings (SSSR count). The van der Waals surface area contributed by atoms with E-state index in [1.54, 1.807) is 23.1 Å².